The highest BCUT2D eigenvalue weighted by molar-refractivity contribution is 7.99. The highest BCUT2D eigenvalue weighted by atomic mass is 35.5. The smallest absolute Gasteiger partial charge is 0.260 e. The zero-order valence-corrected chi connectivity index (χ0v) is 11.0. The summed E-state index contributed by atoms with van der Waals surface area (Å²) in [6.07, 6.45) is 1.04. The van der Waals surface area contributed by atoms with Gasteiger partial charge in [0, 0.05) is 9.92 Å². The third-order valence-corrected chi connectivity index (χ3v) is 3.40. The molecule has 1 unspecified atom stereocenters. The first-order valence-corrected chi connectivity index (χ1v) is 6.33. The van der Waals surface area contributed by atoms with E-state index in [9.17, 15) is 5.11 Å². The number of aromatic nitrogens is 1. The van der Waals surface area contributed by atoms with Crippen LogP contribution in [0.25, 0.3) is 0 Å². The number of halogens is 1. The van der Waals surface area contributed by atoms with Crippen LogP contribution in [-0.2, 0) is 0 Å². The maximum atomic E-state index is 9.47. The van der Waals surface area contributed by atoms with Crippen molar-refractivity contribution in [2.45, 2.75) is 30.1 Å². The van der Waals surface area contributed by atoms with Gasteiger partial charge < -0.3 is 9.52 Å². The molecule has 0 radical (unpaired) electrons. The monoisotopic (exact) mass is 269 g/mol. The molecule has 0 aliphatic rings. The second-order valence-corrected chi connectivity index (χ2v) is 5.15. The summed E-state index contributed by atoms with van der Waals surface area (Å²) in [4.78, 5) is 5.13. The zero-order valence-electron chi connectivity index (χ0n) is 9.48. The number of rotatable bonds is 3. The molecular formula is C12H12ClNO2S. The molecule has 0 aliphatic carbocycles. The summed E-state index contributed by atoms with van der Waals surface area (Å²) in [6.45, 7) is 3.56. The molecule has 2 rings (SSSR count). The molecule has 1 atom stereocenters. The highest BCUT2D eigenvalue weighted by Crippen LogP contribution is 2.32. The Morgan fingerprint density at radius 2 is 2.24 bits per heavy atom. The summed E-state index contributed by atoms with van der Waals surface area (Å²) in [5.74, 6) is 0. The quantitative estimate of drug-likeness (QED) is 0.920. The van der Waals surface area contributed by atoms with Crippen molar-refractivity contribution in [3.8, 4) is 0 Å². The van der Waals surface area contributed by atoms with E-state index in [0.29, 0.717) is 10.2 Å². The van der Waals surface area contributed by atoms with Gasteiger partial charge in [-0.1, -0.05) is 17.7 Å². The second kappa shape index (κ2) is 5.12. The SMILES string of the molecule is Cc1coc(Sc2ccc(C(C)O)c(Cl)c2)n1. The molecule has 0 saturated carbocycles. The van der Waals surface area contributed by atoms with Gasteiger partial charge in [-0.3, -0.25) is 0 Å². The number of hydrogen-bond donors (Lipinski definition) is 1. The Morgan fingerprint density at radius 3 is 2.76 bits per heavy atom. The topological polar surface area (TPSA) is 46.3 Å². The summed E-state index contributed by atoms with van der Waals surface area (Å²) in [7, 11) is 0. The van der Waals surface area contributed by atoms with E-state index >= 15 is 0 Å². The van der Waals surface area contributed by atoms with E-state index in [1.165, 1.54) is 11.8 Å². The van der Waals surface area contributed by atoms with E-state index in [2.05, 4.69) is 4.98 Å². The van der Waals surface area contributed by atoms with Gasteiger partial charge >= 0.3 is 0 Å². The second-order valence-electron chi connectivity index (χ2n) is 3.72. The lowest BCUT2D eigenvalue weighted by molar-refractivity contribution is 0.199. The van der Waals surface area contributed by atoms with E-state index in [4.69, 9.17) is 16.0 Å². The average molecular weight is 270 g/mol. The molecule has 0 saturated heterocycles. The van der Waals surface area contributed by atoms with Crippen LogP contribution in [0.4, 0.5) is 0 Å². The van der Waals surface area contributed by atoms with Crippen LogP contribution in [-0.4, -0.2) is 10.1 Å². The molecule has 2 aromatic rings. The third kappa shape index (κ3) is 3.03. The average Bonchev–Trinajstić information content (AvgIpc) is 2.63. The van der Waals surface area contributed by atoms with E-state index in [1.54, 1.807) is 19.3 Å². The summed E-state index contributed by atoms with van der Waals surface area (Å²) < 4.78 is 5.25. The van der Waals surface area contributed by atoms with Gasteiger partial charge in [0.2, 0.25) is 0 Å². The van der Waals surface area contributed by atoms with Crippen LogP contribution in [0.15, 0.2) is 39.0 Å². The molecule has 0 amide bonds. The minimum Gasteiger partial charge on any atom is -0.439 e. The molecule has 1 aromatic carbocycles. The van der Waals surface area contributed by atoms with Crippen molar-refractivity contribution in [2.24, 2.45) is 0 Å². The van der Waals surface area contributed by atoms with E-state index < -0.39 is 6.10 Å². The van der Waals surface area contributed by atoms with Crippen LogP contribution in [0, 0.1) is 6.92 Å². The van der Waals surface area contributed by atoms with E-state index in [-0.39, 0.29) is 0 Å². The summed E-state index contributed by atoms with van der Waals surface area (Å²) >= 11 is 7.47. The first-order valence-electron chi connectivity index (χ1n) is 5.14. The normalized spacial score (nSPS) is 12.7. The molecule has 90 valence electrons. The van der Waals surface area contributed by atoms with Crippen molar-refractivity contribution in [1.29, 1.82) is 0 Å². The lowest BCUT2D eigenvalue weighted by atomic mass is 10.1. The molecule has 0 fully saturated rings. The Balaban J connectivity index is 2.20. The zero-order chi connectivity index (χ0) is 12.4. The summed E-state index contributed by atoms with van der Waals surface area (Å²) in [5, 5.41) is 10.6. The number of nitrogens with zero attached hydrogens (tertiary/aromatic N) is 1. The largest absolute Gasteiger partial charge is 0.439 e. The number of aryl methyl sites for hydroxylation is 1. The molecule has 17 heavy (non-hydrogen) atoms. The number of hydrogen-bond acceptors (Lipinski definition) is 4. The van der Waals surface area contributed by atoms with Gasteiger partial charge in [-0.15, -0.1) is 0 Å². The number of aliphatic hydroxyl groups is 1. The molecule has 0 spiro atoms. The van der Waals surface area contributed by atoms with Crippen molar-refractivity contribution < 1.29 is 9.52 Å². The van der Waals surface area contributed by atoms with Gasteiger partial charge in [0.05, 0.1) is 11.8 Å². The van der Waals surface area contributed by atoms with Crippen LogP contribution < -0.4 is 0 Å². The first kappa shape index (κ1) is 12.5. The van der Waals surface area contributed by atoms with Crippen LogP contribution in [0.5, 0.6) is 0 Å². The minimum atomic E-state index is -0.564. The highest BCUT2D eigenvalue weighted by Gasteiger charge is 2.09. The van der Waals surface area contributed by atoms with Crippen molar-refractivity contribution in [1.82, 2.24) is 4.98 Å². The summed E-state index contributed by atoms with van der Waals surface area (Å²) in [6, 6.07) is 5.50. The van der Waals surface area contributed by atoms with Crippen LogP contribution in [0.3, 0.4) is 0 Å². The van der Waals surface area contributed by atoms with Crippen molar-refractivity contribution in [3.05, 3.63) is 40.7 Å². The number of benzene rings is 1. The van der Waals surface area contributed by atoms with E-state index in [0.717, 1.165) is 16.2 Å². The lowest BCUT2D eigenvalue weighted by Gasteiger charge is -2.08. The van der Waals surface area contributed by atoms with Gasteiger partial charge in [-0.2, -0.15) is 0 Å². The molecular weight excluding hydrogens is 258 g/mol. The molecule has 3 nitrogen and oxygen atoms in total. The fourth-order valence-electron chi connectivity index (χ4n) is 1.39. The fourth-order valence-corrected chi connectivity index (χ4v) is 2.59. The Hall–Kier alpha value is -0.970. The predicted molar refractivity (Wildman–Crippen MR) is 67.4 cm³/mol. The summed E-state index contributed by atoms with van der Waals surface area (Å²) in [5.41, 5.74) is 1.57. The lowest BCUT2D eigenvalue weighted by Crippen LogP contribution is -1.91. The Labute approximate surface area is 109 Å². The van der Waals surface area contributed by atoms with Gasteiger partial charge in [0.1, 0.15) is 6.26 Å². The predicted octanol–water partition coefficient (Wildman–Crippen LogP) is 3.84. The van der Waals surface area contributed by atoms with Crippen molar-refractivity contribution in [2.75, 3.05) is 0 Å². The Morgan fingerprint density at radius 1 is 1.47 bits per heavy atom. The minimum absolute atomic E-state index is 0.549. The van der Waals surface area contributed by atoms with Gasteiger partial charge in [0.15, 0.2) is 0 Å². The molecule has 1 N–H and O–H groups in total. The molecule has 0 aliphatic heterocycles. The molecule has 1 aromatic heterocycles. The molecule has 5 heteroatoms. The van der Waals surface area contributed by atoms with Gasteiger partial charge in [0.25, 0.3) is 5.22 Å². The van der Waals surface area contributed by atoms with Crippen molar-refractivity contribution >= 4 is 23.4 Å². The first-order chi connectivity index (χ1) is 8.06. The van der Waals surface area contributed by atoms with Crippen LogP contribution >= 0.6 is 23.4 Å². The molecule has 1 heterocycles. The van der Waals surface area contributed by atoms with Gasteiger partial charge in [-0.05, 0) is 43.3 Å². The Bertz CT molecular complexity index is 525. The standard InChI is InChI=1S/C12H12ClNO2S/c1-7-6-16-12(14-7)17-9-3-4-10(8(2)15)11(13)5-9/h3-6,8,15H,1-2H3. The van der Waals surface area contributed by atoms with Crippen molar-refractivity contribution in [3.63, 3.8) is 0 Å². The van der Waals surface area contributed by atoms with Crippen LogP contribution in [0.1, 0.15) is 24.3 Å². The Kier molecular flexibility index (Phi) is 3.76. The van der Waals surface area contributed by atoms with Gasteiger partial charge in [-0.25, -0.2) is 4.98 Å². The maximum Gasteiger partial charge on any atom is 0.260 e. The van der Waals surface area contributed by atoms with Crippen LogP contribution in [0.2, 0.25) is 5.02 Å². The number of oxazole rings is 1. The maximum absolute atomic E-state index is 9.47. The number of aliphatic hydroxyl groups excluding tert-OH is 1. The third-order valence-electron chi connectivity index (χ3n) is 2.23. The molecule has 0 bridgehead atoms. The fraction of sp³-hybridized carbons (Fsp3) is 0.250. The van der Waals surface area contributed by atoms with E-state index in [1.807, 2.05) is 19.1 Å².